The molecule has 0 aromatic heterocycles. The van der Waals surface area contributed by atoms with Gasteiger partial charge in [-0.2, -0.15) is 0 Å². The number of hydrogen-bond acceptors (Lipinski definition) is 6. The SMILES string of the molecule is CC.CCCN(CC)CCCNc1cc(CN(CC(C)C)CC(C)C)ccc1N=CNc1cccc(C(=O)OC)c1. The molecule has 2 aromatic rings. The maximum atomic E-state index is 11.9. The maximum absolute atomic E-state index is 11.9. The molecular formula is C34H57N5O2. The highest BCUT2D eigenvalue weighted by atomic mass is 16.5. The molecule has 41 heavy (non-hydrogen) atoms. The Bertz CT molecular complexity index is 1010. The van der Waals surface area contributed by atoms with Crippen molar-refractivity contribution in [3.8, 4) is 0 Å². The minimum atomic E-state index is -0.359. The number of rotatable bonds is 18. The molecule has 2 rings (SSSR count). The van der Waals surface area contributed by atoms with Gasteiger partial charge < -0.3 is 20.3 Å². The Balaban J connectivity index is 0.00000411. The van der Waals surface area contributed by atoms with E-state index in [9.17, 15) is 4.79 Å². The zero-order valence-electron chi connectivity index (χ0n) is 27.3. The first kappa shape index (κ1) is 36.1. The predicted octanol–water partition coefficient (Wildman–Crippen LogP) is 7.92. The summed E-state index contributed by atoms with van der Waals surface area (Å²) in [6.07, 6.45) is 3.94. The fraction of sp³-hybridized carbons (Fsp3) is 0.588. The van der Waals surface area contributed by atoms with Crippen LogP contribution in [-0.2, 0) is 11.3 Å². The highest BCUT2D eigenvalue weighted by Crippen LogP contribution is 2.27. The van der Waals surface area contributed by atoms with E-state index < -0.39 is 0 Å². The molecule has 0 atom stereocenters. The summed E-state index contributed by atoms with van der Waals surface area (Å²) < 4.78 is 4.83. The van der Waals surface area contributed by atoms with E-state index in [0.29, 0.717) is 17.4 Å². The molecule has 7 heteroatoms. The predicted molar refractivity (Wildman–Crippen MR) is 178 cm³/mol. The average Bonchev–Trinajstić information content (AvgIpc) is 2.95. The Morgan fingerprint density at radius 3 is 2.29 bits per heavy atom. The highest BCUT2D eigenvalue weighted by molar-refractivity contribution is 5.91. The van der Waals surface area contributed by atoms with Crippen LogP contribution >= 0.6 is 0 Å². The molecule has 2 N–H and O–H groups in total. The van der Waals surface area contributed by atoms with E-state index in [2.05, 4.69) is 80.2 Å². The molecule has 0 amide bonds. The number of nitrogens with zero attached hydrogens (tertiary/aromatic N) is 3. The van der Waals surface area contributed by atoms with Gasteiger partial charge in [-0.25, -0.2) is 9.79 Å². The lowest BCUT2D eigenvalue weighted by Gasteiger charge is -2.26. The summed E-state index contributed by atoms with van der Waals surface area (Å²) in [5, 5.41) is 6.85. The first-order valence-electron chi connectivity index (χ1n) is 15.5. The maximum Gasteiger partial charge on any atom is 0.337 e. The van der Waals surface area contributed by atoms with Gasteiger partial charge in [-0.3, -0.25) is 4.90 Å². The molecule has 0 radical (unpaired) electrons. The second-order valence-electron chi connectivity index (χ2n) is 11.0. The van der Waals surface area contributed by atoms with Crippen molar-refractivity contribution in [1.82, 2.24) is 9.80 Å². The number of carbonyl (C=O) groups excluding carboxylic acids is 1. The Labute approximate surface area is 250 Å². The van der Waals surface area contributed by atoms with Crippen LogP contribution in [0.1, 0.15) is 84.2 Å². The molecule has 0 aliphatic heterocycles. The van der Waals surface area contributed by atoms with E-state index in [1.165, 1.54) is 19.1 Å². The van der Waals surface area contributed by atoms with E-state index in [0.717, 1.165) is 69.3 Å². The van der Waals surface area contributed by atoms with Crippen LogP contribution < -0.4 is 10.6 Å². The smallest absolute Gasteiger partial charge is 0.337 e. The van der Waals surface area contributed by atoms with Crippen LogP contribution in [-0.4, -0.2) is 68.5 Å². The van der Waals surface area contributed by atoms with Crippen molar-refractivity contribution in [2.75, 3.05) is 57.0 Å². The summed E-state index contributed by atoms with van der Waals surface area (Å²) >= 11 is 0. The van der Waals surface area contributed by atoms with Gasteiger partial charge in [0.05, 0.1) is 30.4 Å². The normalized spacial score (nSPS) is 11.3. The van der Waals surface area contributed by atoms with Crippen LogP contribution in [0.2, 0.25) is 0 Å². The number of hydrogen-bond donors (Lipinski definition) is 2. The molecular weight excluding hydrogens is 510 g/mol. The topological polar surface area (TPSA) is 69.2 Å². The highest BCUT2D eigenvalue weighted by Gasteiger charge is 2.12. The number of anilines is 2. The van der Waals surface area contributed by atoms with Gasteiger partial charge >= 0.3 is 5.97 Å². The third-order valence-electron chi connectivity index (χ3n) is 6.39. The second-order valence-corrected chi connectivity index (χ2v) is 11.0. The van der Waals surface area contributed by atoms with Crippen molar-refractivity contribution >= 4 is 29.4 Å². The summed E-state index contributed by atoms with van der Waals surface area (Å²) in [4.78, 5) is 21.6. The zero-order valence-corrected chi connectivity index (χ0v) is 27.3. The third kappa shape index (κ3) is 14.5. The first-order chi connectivity index (χ1) is 19.7. The second kappa shape index (κ2) is 20.9. The van der Waals surface area contributed by atoms with Crippen molar-refractivity contribution in [2.45, 2.75) is 74.8 Å². The van der Waals surface area contributed by atoms with Gasteiger partial charge in [0, 0.05) is 31.9 Å². The van der Waals surface area contributed by atoms with Gasteiger partial charge in [-0.15, -0.1) is 0 Å². The summed E-state index contributed by atoms with van der Waals surface area (Å²) in [6, 6.07) is 13.7. The number of aliphatic imine (C=N–C) groups is 1. The molecule has 0 aliphatic carbocycles. The minimum Gasteiger partial charge on any atom is -0.465 e. The molecule has 0 saturated heterocycles. The Hall–Kier alpha value is -2.90. The van der Waals surface area contributed by atoms with E-state index in [-0.39, 0.29) is 5.97 Å². The minimum absolute atomic E-state index is 0.359. The van der Waals surface area contributed by atoms with Crippen LogP contribution in [0.25, 0.3) is 0 Å². The third-order valence-corrected chi connectivity index (χ3v) is 6.39. The molecule has 0 aliphatic rings. The van der Waals surface area contributed by atoms with Crippen LogP contribution in [0.15, 0.2) is 47.5 Å². The number of ether oxygens (including phenoxy) is 1. The summed E-state index contributed by atoms with van der Waals surface area (Å²) in [5.41, 5.74) is 4.50. The number of methoxy groups -OCH3 is 1. The molecule has 230 valence electrons. The monoisotopic (exact) mass is 567 g/mol. The molecule has 0 unspecified atom stereocenters. The lowest BCUT2D eigenvalue weighted by Crippen LogP contribution is -2.31. The van der Waals surface area contributed by atoms with Crippen molar-refractivity contribution in [2.24, 2.45) is 16.8 Å². The molecule has 0 spiro atoms. The van der Waals surface area contributed by atoms with Crippen molar-refractivity contribution < 1.29 is 9.53 Å². The Morgan fingerprint density at radius 2 is 1.68 bits per heavy atom. The Morgan fingerprint density at radius 1 is 0.976 bits per heavy atom. The van der Waals surface area contributed by atoms with E-state index in [4.69, 9.17) is 9.73 Å². The summed E-state index contributed by atoms with van der Waals surface area (Å²) in [7, 11) is 1.39. The van der Waals surface area contributed by atoms with Crippen LogP contribution in [0.5, 0.6) is 0 Å². The fourth-order valence-corrected chi connectivity index (χ4v) is 4.73. The lowest BCUT2D eigenvalue weighted by molar-refractivity contribution is 0.0601. The zero-order chi connectivity index (χ0) is 30.6. The van der Waals surface area contributed by atoms with Gasteiger partial charge in [0.1, 0.15) is 0 Å². The average molecular weight is 568 g/mol. The van der Waals surface area contributed by atoms with Gasteiger partial charge in [0.25, 0.3) is 0 Å². The van der Waals surface area contributed by atoms with Crippen molar-refractivity contribution in [1.29, 1.82) is 0 Å². The largest absolute Gasteiger partial charge is 0.465 e. The van der Waals surface area contributed by atoms with Crippen LogP contribution in [0.3, 0.4) is 0 Å². The number of esters is 1. The van der Waals surface area contributed by atoms with E-state index in [1.807, 2.05) is 26.0 Å². The van der Waals surface area contributed by atoms with E-state index >= 15 is 0 Å². The van der Waals surface area contributed by atoms with Crippen LogP contribution in [0.4, 0.5) is 17.1 Å². The van der Waals surface area contributed by atoms with E-state index in [1.54, 1.807) is 18.5 Å². The molecule has 0 fully saturated rings. The standard InChI is InChI=1S/C32H51N5O2.C2H6/c1-8-17-36(9-2)18-11-16-33-31-19-27(23-37(21-25(3)4)22-26(5)6)14-15-30(31)35-24-34-29-13-10-12-28(20-29)32(38)39-7;1-2/h10,12-15,19-20,24-26,33H,8-9,11,16-18,21-23H2,1-7H3,(H,34,35);1-2H3. The number of nitrogens with one attached hydrogen (secondary N) is 2. The number of carbonyl (C=O) groups is 1. The summed E-state index contributed by atoms with van der Waals surface area (Å²) in [6.45, 7) is 24.9. The van der Waals surface area contributed by atoms with Gasteiger partial charge in [0.2, 0.25) is 0 Å². The Kier molecular flexibility index (Phi) is 18.4. The van der Waals surface area contributed by atoms with Crippen molar-refractivity contribution in [3.05, 3.63) is 53.6 Å². The lowest BCUT2D eigenvalue weighted by atomic mass is 10.1. The molecule has 0 bridgehead atoms. The molecule has 2 aromatic carbocycles. The number of benzene rings is 2. The van der Waals surface area contributed by atoms with Crippen molar-refractivity contribution in [3.63, 3.8) is 0 Å². The molecule has 7 nitrogen and oxygen atoms in total. The molecule has 0 saturated carbocycles. The van der Waals surface area contributed by atoms with Gasteiger partial charge in [-0.1, -0.05) is 67.5 Å². The first-order valence-corrected chi connectivity index (χ1v) is 15.5. The summed E-state index contributed by atoms with van der Waals surface area (Å²) in [5.74, 6) is 0.888. The van der Waals surface area contributed by atoms with Crippen LogP contribution in [0, 0.1) is 11.8 Å². The fourth-order valence-electron chi connectivity index (χ4n) is 4.73. The van der Waals surface area contributed by atoms with Gasteiger partial charge in [-0.05, 0) is 80.2 Å². The van der Waals surface area contributed by atoms with Gasteiger partial charge in [0.15, 0.2) is 0 Å². The molecule has 0 heterocycles. The quantitative estimate of drug-likeness (QED) is 0.0825.